The molecule has 1 amide bonds. The number of carbonyl (C=O) groups is 1. The van der Waals surface area contributed by atoms with Crippen LogP contribution in [-0.4, -0.2) is 24.6 Å². The third-order valence-electron chi connectivity index (χ3n) is 3.44. The van der Waals surface area contributed by atoms with Gasteiger partial charge in [-0.15, -0.1) is 0 Å². The molecule has 0 radical (unpaired) electrons. The van der Waals surface area contributed by atoms with Gasteiger partial charge in [-0.3, -0.25) is 4.79 Å². The molecule has 2 rings (SSSR count). The van der Waals surface area contributed by atoms with Gasteiger partial charge >= 0.3 is 0 Å². The molecule has 0 spiro atoms. The molecule has 1 aromatic carbocycles. The number of amides is 1. The summed E-state index contributed by atoms with van der Waals surface area (Å²) < 4.78 is 5.58. The minimum absolute atomic E-state index is 0.00509. The molecule has 1 saturated heterocycles. The van der Waals surface area contributed by atoms with Crippen molar-refractivity contribution in [2.24, 2.45) is 0 Å². The molecule has 5 heteroatoms. The van der Waals surface area contributed by atoms with E-state index in [1.54, 1.807) is 12.1 Å². The van der Waals surface area contributed by atoms with E-state index in [4.69, 9.17) is 16.3 Å². The van der Waals surface area contributed by atoms with E-state index in [0.29, 0.717) is 16.5 Å². The molecule has 0 bridgehead atoms. The lowest BCUT2D eigenvalue weighted by Gasteiger charge is -2.16. The highest BCUT2D eigenvalue weighted by atomic mass is 35.5. The van der Waals surface area contributed by atoms with Gasteiger partial charge in [0.1, 0.15) is 5.75 Å². The second-order valence-electron chi connectivity index (χ2n) is 5.66. The van der Waals surface area contributed by atoms with E-state index in [2.05, 4.69) is 10.6 Å². The van der Waals surface area contributed by atoms with Gasteiger partial charge in [-0.05, 0) is 51.4 Å². The van der Waals surface area contributed by atoms with Crippen LogP contribution in [0, 0.1) is 0 Å². The number of hydrogen-bond acceptors (Lipinski definition) is 3. The molecule has 0 saturated carbocycles. The van der Waals surface area contributed by atoms with Crippen molar-refractivity contribution in [1.29, 1.82) is 0 Å². The Labute approximate surface area is 131 Å². The summed E-state index contributed by atoms with van der Waals surface area (Å²) in [4.78, 5) is 12.2. The van der Waals surface area contributed by atoms with Crippen LogP contribution in [0.4, 0.5) is 5.69 Å². The predicted octanol–water partition coefficient (Wildman–Crippen LogP) is 3.60. The fraction of sp³-hybridized carbons (Fsp3) is 0.562. The minimum Gasteiger partial charge on any atom is -0.489 e. The van der Waals surface area contributed by atoms with Crippen molar-refractivity contribution in [2.45, 2.75) is 51.7 Å². The standard InChI is InChI=1S/C16H23ClN2O2/c1-11(2)21-15-8-7-12(10-13(15)17)19-16(20)14-6-4-3-5-9-18-14/h7-8,10-11,14,18H,3-6,9H2,1-2H3,(H,19,20). The second kappa shape index (κ2) is 7.66. The van der Waals surface area contributed by atoms with Gasteiger partial charge in [0.2, 0.25) is 5.91 Å². The van der Waals surface area contributed by atoms with Crippen LogP contribution in [-0.2, 0) is 4.79 Å². The number of benzene rings is 1. The van der Waals surface area contributed by atoms with Crippen molar-refractivity contribution in [1.82, 2.24) is 5.32 Å². The first-order valence-electron chi connectivity index (χ1n) is 7.56. The zero-order valence-electron chi connectivity index (χ0n) is 12.6. The van der Waals surface area contributed by atoms with Gasteiger partial charge in [0, 0.05) is 5.69 Å². The third kappa shape index (κ3) is 4.90. The summed E-state index contributed by atoms with van der Waals surface area (Å²) in [6.45, 7) is 4.80. The summed E-state index contributed by atoms with van der Waals surface area (Å²) >= 11 is 6.18. The van der Waals surface area contributed by atoms with E-state index in [9.17, 15) is 4.79 Å². The first-order valence-corrected chi connectivity index (χ1v) is 7.94. The lowest BCUT2D eigenvalue weighted by molar-refractivity contribution is -0.118. The number of nitrogens with one attached hydrogen (secondary N) is 2. The SMILES string of the molecule is CC(C)Oc1ccc(NC(=O)C2CCCCCN2)cc1Cl. The normalized spacial score (nSPS) is 19.1. The van der Waals surface area contributed by atoms with Crippen molar-refractivity contribution in [3.63, 3.8) is 0 Å². The highest BCUT2D eigenvalue weighted by Crippen LogP contribution is 2.28. The smallest absolute Gasteiger partial charge is 0.241 e. The van der Waals surface area contributed by atoms with Gasteiger partial charge in [0.25, 0.3) is 0 Å². The van der Waals surface area contributed by atoms with Gasteiger partial charge in [0.15, 0.2) is 0 Å². The van der Waals surface area contributed by atoms with Crippen molar-refractivity contribution < 1.29 is 9.53 Å². The molecule has 2 N–H and O–H groups in total. The molecule has 1 aliphatic heterocycles. The maximum Gasteiger partial charge on any atom is 0.241 e. The van der Waals surface area contributed by atoms with Gasteiger partial charge < -0.3 is 15.4 Å². The van der Waals surface area contributed by atoms with Crippen molar-refractivity contribution >= 4 is 23.2 Å². The Morgan fingerprint density at radius 2 is 2.19 bits per heavy atom. The second-order valence-corrected chi connectivity index (χ2v) is 6.06. The average molecular weight is 311 g/mol. The maximum absolute atomic E-state index is 12.2. The fourth-order valence-corrected chi connectivity index (χ4v) is 2.63. The molecule has 1 atom stereocenters. The Hall–Kier alpha value is -1.26. The van der Waals surface area contributed by atoms with Crippen LogP contribution < -0.4 is 15.4 Å². The Kier molecular flexibility index (Phi) is 5.88. The Bertz CT molecular complexity index is 483. The monoisotopic (exact) mass is 310 g/mol. The first-order chi connectivity index (χ1) is 10.1. The highest BCUT2D eigenvalue weighted by molar-refractivity contribution is 6.32. The molecule has 0 aromatic heterocycles. The minimum atomic E-state index is -0.113. The van der Waals surface area contributed by atoms with E-state index in [0.717, 1.165) is 25.8 Å². The Morgan fingerprint density at radius 1 is 1.38 bits per heavy atom. The van der Waals surface area contributed by atoms with Crippen LogP contribution in [0.1, 0.15) is 39.5 Å². The Morgan fingerprint density at radius 3 is 2.90 bits per heavy atom. The van der Waals surface area contributed by atoms with Gasteiger partial charge in [-0.25, -0.2) is 0 Å². The number of rotatable bonds is 4. The fourth-order valence-electron chi connectivity index (χ4n) is 2.41. The molecule has 1 unspecified atom stereocenters. The first kappa shape index (κ1) is 16.1. The lowest BCUT2D eigenvalue weighted by Crippen LogP contribution is -2.39. The predicted molar refractivity (Wildman–Crippen MR) is 86.1 cm³/mol. The summed E-state index contributed by atoms with van der Waals surface area (Å²) in [6, 6.07) is 5.22. The van der Waals surface area contributed by atoms with E-state index >= 15 is 0 Å². The summed E-state index contributed by atoms with van der Waals surface area (Å²) in [7, 11) is 0. The molecule has 1 aromatic rings. The van der Waals surface area contributed by atoms with Crippen LogP contribution in [0.15, 0.2) is 18.2 Å². The molecule has 21 heavy (non-hydrogen) atoms. The number of ether oxygens (including phenoxy) is 1. The molecule has 1 heterocycles. The van der Waals surface area contributed by atoms with Crippen LogP contribution in [0.3, 0.4) is 0 Å². The summed E-state index contributed by atoms with van der Waals surface area (Å²) in [5, 5.41) is 6.71. The molecular weight excluding hydrogens is 288 g/mol. The van der Waals surface area contributed by atoms with Crippen LogP contribution >= 0.6 is 11.6 Å². The lowest BCUT2D eigenvalue weighted by atomic mass is 10.1. The largest absolute Gasteiger partial charge is 0.489 e. The number of carbonyl (C=O) groups excluding carboxylic acids is 1. The molecule has 1 aliphatic rings. The van der Waals surface area contributed by atoms with Crippen molar-refractivity contribution in [2.75, 3.05) is 11.9 Å². The van der Waals surface area contributed by atoms with E-state index < -0.39 is 0 Å². The van der Waals surface area contributed by atoms with Gasteiger partial charge in [-0.1, -0.05) is 24.4 Å². The zero-order valence-corrected chi connectivity index (χ0v) is 13.4. The summed E-state index contributed by atoms with van der Waals surface area (Å²) in [6.07, 6.45) is 4.36. The van der Waals surface area contributed by atoms with E-state index in [1.807, 2.05) is 19.9 Å². The maximum atomic E-state index is 12.2. The van der Waals surface area contributed by atoms with Crippen LogP contribution in [0.25, 0.3) is 0 Å². The van der Waals surface area contributed by atoms with Gasteiger partial charge in [0.05, 0.1) is 17.2 Å². The summed E-state index contributed by atoms with van der Waals surface area (Å²) in [5.74, 6) is 0.641. The molecule has 116 valence electrons. The Balaban J connectivity index is 1.98. The average Bonchev–Trinajstić information content (AvgIpc) is 2.70. The highest BCUT2D eigenvalue weighted by Gasteiger charge is 2.19. The molecule has 1 fully saturated rings. The molecule has 0 aliphatic carbocycles. The van der Waals surface area contributed by atoms with E-state index in [-0.39, 0.29) is 18.1 Å². The molecule has 4 nitrogen and oxygen atoms in total. The number of halogens is 1. The van der Waals surface area contributed by atoms with E-state index in [1.165, 1.54) is 6.42 Å². The quantitative estimate of drug-likeness (QED) is 0.893. The molecular formula is C16H23ClN2O2. The third-order valence-corrected chi connectivity index (χ3v) is 3.73. The number of anilines is 1. The van der Waals surface area contributed by atoms with Crippen molar-refractivity contribution in [3.05, 3.63) is 23.2 Å². The van der Waals surface area contributed by atoms with Gasteiger partial charge in [-0.2, -0.15) is 0 Å². The topological polar surface area (TPSA) is 50.4 Å². The van der Waals surface area contributed by atoms with Crippen LogP contribution in [0.2, 0.25) is 5.02 Å². The van der Waals surface area contributed by atoms with Crippen LogP contribution in [0.5, 0.6) is 5.75 Å². The summed E-state index contributed by atoms with van der Waals surface area (Å²) in [5.41, 5.74) is 0.701. The zero-order chi connectivity index (χ0) is 15.2. The van der Waals surface area contributed by atoms with Crippen molar-refractivity contribution in [3.8, 4) is 5.75 Å². The number of hydrogen-bond donors (Lipinski definition) is 2.